The van der Waals surface area contributed by atoms with E-state index >= 15 is 0 Å². The maximum absolute atomic E-state index is 12.8. The molecule has 0 saturated heterocycles. The fourth-order valence-corrected chi connectivity index (χ4v) is 2.98. The van der Waals surface area contributed by atoms with E-state index in [1.165, 1.54) is 23.9 Å². The highest BCUT2D eigenvalue weighted by atomic mass is 32.2. The second-order valence-corrected chi connectivity index (χ2v) is 6.19. The van der Waals surface area contributed by atoms with Crippen molar-refractivity contribution in [1.29, 1.82) is 0 Å². The summed E-state index contributed by atoms with van der Waals surface area (Å²) in [6.45, 7) is 0.697. The smallest absolute Gasteiger partial charge is 0.231 e. The van der Waals surface area contributed by atoms with Gasteiger partial charge in [-0.2, -0.15) is 0 Å². The summed E-state index contributed by atoms with van der Waals surface area (Å²) in [6.07, 6.45) is 0.409. The molecule has 3 rings (SSSR count). The molecule has 23 heavy (non-hydrogen) atoms. The van der Waals surface area contributed by atoms with Crippen LogP contribution in [0.15, 0.2) is 47.4 Å². The second kappa shape index (κ2) is 7.37. The van der Waals surface area contributed by atoms with Gasteiger partial charge >= 0.3 is 0 Å². The van der Waals surface area contributed by atoms with E-state index in [1.807, 2.05) is 18.2 Å². The van der Waals surface area contributed by atoms with Crippen LogP contribution in [0.4, 0.5) is 4.39 Å². The maximum Gasteiger partial charge on any atom is 0.231 e. The van der Waals surface area contributed by atoms with Crippen LogP contribution in [0.2, 0.25) is 0 Å². The van der Waals surface area contributed by atoms with Crippen LogP contribution >= 0.6 is 11.8 Å². The van der Waals surface area contributed by atoms with Crippen LogP contribution in [0, 0.1) is 5.82 Å². The van der Waals surface area contributed by atoms with Crippen LogP contribution in [0.5, 0.6) is 11.5 Å². The Morgan fingerprint density at radius 2 is 1.91 bits per heavy atom. The van der Waals surface area contributed by atoms with Gasteiger partial charge < -0.3 is 14.8 Å². The first kappa shape index (κ1) is 15.7. The summed E-state index contributed by atoms with van der Waals surface area (Å²) < 4.78 is 23.3. The quantitative estimate of drug-likeness (QED) is 0.824. The fraction of sp³-hybridized carbons (Fsp3) is 0.235. The Balaban J connectivity index is 1.40. The van der Waals surface area contributed by atoms with Gasteiger partial charge in [-0.05, 0) is 42.0 Å². The van der Waals surface area contributed by atoms with Gasteiger partial charge in [0.05, 0.1) is 0 Å². The van der Waals surface area contributed by atoms with E-state index in [0.29, 0.717) is 24.5 Å². The predicted octanol–water partition coefficient (Wildman–Crippen LogP) is 3.35. The first-order valence-electron chi connectivity index (χ1n) is 7.24. The molecule has 0 unspecified atom stereocenters. The van der Waals surface area contributed by atoms with E-state index in [2.05, 4.69) is 5.32 Å². The molecule has 4 nitrogen and oxygen atoms in total. The third-order valence-corrected chi connectivity index (χ3v) is 4.35. The summed E-state index contributed by atoms with van der Waals surface area (Å²) in [5.41, 5.74) is 0.966. The average Bonchev–Trinajstić information content (AvgIpc) is 3.02. The largest absolute Gasteiger partial charge is 0.454 e. The number of amides is 1. The number of thioether (sulfide) groups is 1. The summed E-state index contributed by atoms with van der Waals surface area (Å²) in [5, 5.41) is 2.88. The molecule has 2 aromatic rings. The van der Waals surface area contributed by atoms with Gasteiger partial charge in [0.2, 0.25) is 12.7 Å². The number of nitrogens with one attached hydrogen (secondary N) is 1. The lowest BCUT2D eigenvalue weighted by Crippen LogP contribution is -2.22. The molecule has 0 atom stereocenters. The lowest BCUT2D eigenvalue weighted by atomic mass is 10.2. The number of rotatable bonds is 6. The molecule has 0 aliphatic carbocycles. The molecule has 0 saturated carbocycles. The van der Waals surface area contributed by atoms with Crippen molar-refractivity contribution >= 4 is 17.7 Å². The summed E-state index contributed by atoms with van der Waals surface area (Å²) >= 11 is 1.53. The Labute approximate surface area is 138 Å². The Kier molecular flexibility index (Phi) is 5.02. The minimum Gasteiger partial charge on any atom is -0.454 e. The highest BCUT2D eigenvalue weighted by molar-refractivity contribution is 7.99. The number of fused-ring (bicyclic) bond motifs is 1. The monoisotopic (exact) mass is 333 g/mol. The van der Waals surface area contributed by atoms with Crippen molar-refractivity contribution < 1.29 is 18.7 Å². The van der Waals surface area contributed by atoms with Crippen LogP contribution < -0.4 is 14.8 Å². The molecule has 0 spiro atoms. The van der Waals surface area contributed by atoms with E-state index in [4.69, 9.17) is 9.47 Å². The molecule has 2 aromatic carbocycles. The van der Waals surface area contributed by atoms with Gasteiger partial charge in [-0.1, -0.05) is 6.07 Å². The third kappa shape index (κ3) is 4.39. The van der Waals surface area contributed by atoms with E-state index in [-0.39, 0.29) is 18.5 Å². The zero-order chi connectivity index (χ0) is 16.1. The summed E-state index contributed by atoms with van der Waals surface area (Å²) in [7, 11) is 0. The van der Waals surface area contributed by atoms with E-state index in [0.717, 1.165) is 16.2 Å². The van der Waals surface area contributed by atoms with Gasteiger partial charge in [-0.15, -0.1) is 11.8 Å². The molecule has 6 heteroatoms. The van der Waals surface area contributed by atoms with Gasteiger partial charge in [-0.25, -0.2) is 4.39 Å². The molecule has 1 heterocycles. The van der Waals surface area contributed by atoms with E-state index in [1.54, 1.807) is 12.1 Å². The van der Waals surface area contributed by atoms with Crippen molar-refractivity contribution in [2.45, 2.75) is 17.9 Å². The van der Waals surface area contributed by atoms with E-state index < -0.39 is 0 Å². The summed E-state index contributed by atoms with van der Waals surface area (Å²) in [4.78, 5) is 12.8. The molecule has 1 aliphatic rings. The number of carbonyl (C=O) groups excluding carboxylic acids is 1. The minimum atomic E-state index is -0.254. The van der Waals surface area contributed by atoms with Crippen LogP contribution in [0.1, 0.15) is 12.0 Å². The van der Waals surface area contributed by atoms with Gasteiger partial charge in [0, 0.05) is 23.6 Å². The lowest BCUT2D eigenvalue weighted by Gasteiger charge is -2.06. The van der Waals surface area contributed by atoms with Gasteiger partial charge in [-0.3, -0.25) is 4.79 Å². The maximum atomic E-state index is 12.8. The van der Waals surface area contributed by atoms with Crippen molar-refractivity contribution in [3.8, 4) is 11.5 Å². The van der Waals surface area contributed by atoms with Crippen LogP contribution in [0.25, 0.3) is 0 Å². The number of ether oxygens (including phenoxy) is 2. The van der Waals surface area contributed by atoms with Crippen molar-refractivity contribution in [2.75, 3.05) is 12.5 Å². The number of halogens is 1. The number of benzene rings is 2. The Bertz CT molecular complexity index is 691. The fourth-order valence-electron chi connectivity index (χ4n) is 2.13. The minimum absolute atomic E-state index is 0.0164. The Morgan fingerprint density at radius 1 is 1.13 bits per heavy atom. The third-order valence-electron chi connectivity index (χ3n) is 3.34. The Hall–Kier alpha value is -2.21. The van der Waals surface area contributed by atoms with Crippen molar-refractivity contribution in [3.63, 3.8) is 0 Å². The zero-order valence-corrected chi connectivity index (χ0v) is 13.2. The molecule has 1 amide bonds. The molecular formula is C17H16FNO3S. The van der Waals surface area contributed by atoms with Crippen LogP contribution in [-0.4, -0.2) is 18.5 Å². The Morgan fingerprint density at radius 3 is 2.74 bits per heavy atom. The molecular weight excluding hydrogens is 317 g/mol. The topological polar surface area (TPSA) is 47.6 Å². The molecule has 120 valence electrons. The number of carbonyl (C=O) groups is 1. The number of hydrogen-bond donors (Lipinski definition) is 1. The molecule has 1 aliphatic heterocycles. The molecule has 0 fully saturated rings. The zero-order valence-electron chi connectivity index (χ0n) is 12.4. The highest BCUT2D eigenvalue weighted by Gasteiger charge is 2.13. The molecule has 1 N–H and O–H groups in total. The normalized spacial score (nSPS) is 12.2. The van der Waals surface area contributed by atoms with Crippen molar-refractivity contribution in [1.82, 2.24) is 5.32 Å². The van der Waals surface area contributed by atoms with Crippen LogP contribution in [-0.2, 0) is 11.3 Å². The standard InChI is InChI=1S/C17H16FNO3S/c18-13-2-4-14(5-3-13)23-8-7-17(20)19-10-12-1-6-15-16(9-12)22-11-21-15/h1-6,9H,7-8,10-11H2,(H,19,20). The number of hydrogen-bond acceptors (Lipinski definition) is 4. The highest BCUT2D eigenvalue weighted by Crippen LogP contribution is 2.32. The first-order valence-corrected chi connectivity index (χ1v) is 8.23. The molecule has 0 radical (unpaired) electrons. The molecule has 0 aromatic heterocycles. The lowest BCUT2D eigenvalue weighted by molar-refractivity contribution is -0.120. The SMILES string of the molecule is O=C(CCSc1ccc(F)cc1)NCc1ccc2c(c1)OCO2. The van der Waals surface area contributed by atoms with Crippen LogP contribution in [0.3, 0.4) is 0 Å². The predicted molar refractivity (Wildman–Crippen MR) is 86.2 cm³/mol. The summed E-state index contributed by atoms with van der Waals surface area (Å²) in [6, 6.07) is 11.9. The van der Waals surface area contributed by atoms with Gasteiger partial charge in [0.25, 0.3) is 0 Å². The molecule has 0 bridgehead atoms. The van der Waals surface area contributed by atoms with Crippen molar-refractivity contribution in [2.24, 2.45) is 0 Å². The van der Waals surface area contributed by atoms with Gasteiger partial charge in [0.15, 0.2) is 11.5 Å². The van der Waals surface area contributed by atoms with Gasteiger partial charge in [0.1, 0.15) is 5.82 Å². The average molecular weight is 333 g/mol. The van der Waals surface area contributed by atoms with Crippen molar-refractivity contribution in [3.05, 3.63) is 53.8 Å². The summed E-state index contributed by atoms with van der Waals surface area (Å²) in [5.74, 6) is 1.82. The first-order chi connectivity index (χ1) is 11.2. The van der Waals surface area contributed by atoms with E-state index in [9.17, 15) is 9.18 Å². The second-order valence-electron chi connectivity index (χ2n) is 5.02.